The van der Waals surface area contributed by atoms with Crippen LogP contribution in [0.1, 0.15) is 29.7 Å². The number of hydrogen-bond acceptors (Lipinski definition) is 3. The molecule has 1 aliphatic heterocycles. The summed E-state index contributed by atoms with van der Waals surface area (Å²) in [5, 5.41) is 6.45. The molecule has 3 aromatic rings. The first-order chi connectivity index (χ1) is 13.9. The summed E-state index contributed by atoms with van der Waals surface area (Å²) in [5.41, 5.74) is 1.27. The van der Waals surface area contributed by atoms with Gasteiger partial charge in [-0.05, 0) is 60.0 Å². The number of rotatable bonds is 4. The molecule has 6 heteroatoms. The highest BCUT2D eigenvalue weighted by Crippen LogP contribution is 2.42. The maximum Gasteiger partial charge on any atom is 0.193 e. The SMILES string of the molecule is C[C@@]1(c2cccc(F)c2)N=C(NCc2cccc(F)c2)N[C@@H]1c1cccc(F)c1. The maximum absolute atomic E-state index is 13.9. The summed E-state index contributed by atoms with van der Waals surface area (Å²) in [6.45, 7) is 2.24. The van der Waals surface area contributed by atoms with Gasteiger partial charge in [0.25, 0.3) is 0 Å². The van der Waals surface area contributed by atoms with Gasteiger partial charge in [0.05, 0.1) is 6.04 Å². The Hall–Kier alpha value is -3.28. The van der Waals surface area contributed by atoms with Crippen molar-refractivity contribution in [2.75, 3.05) is 0 Å². The summed E-state index contributed by atoms with van der Waals surface area (Å²) in [4.78, 5) is 4.77. The van der Waals surface area contributed by atoms with Crippen LogP contribution in [-0.2, 0) is 12.1 Å². The number of halogens is 3. The van der Waals surface area contributed by atoms with E-state index in [0.29, 0.717) is 23.6 Å². The quantitative estimate of drug-likeness (QED) is 0.665. The van der Waals surface area contributed by atoms with Crippen molar-refractivity contribution in [3.8, 4) is 0 Å². The van der Waals surface area contributed by atoms with Crippen LogP contribution in [0.3, 0.4) is 0 Å². The van der Waals surface area contributed by atoms with Crippen molar-refractivity contribution in [2.24, 2.45) is 4.99 Å². The van der Waals surface area contributed by atoms with Crippen molar-refractivity contribution >= 4 is 5.96 Å². The predicted molar refractivity (Wildman–Crippen MR) is 107 cm³/mol. The molecule has 0 saturated carbocycles. The molecule has 2 N–H and O–H groups in total. The van der Waals surface area contributed by atoms with E-state index < -0.39 is 11.6 Å². The monoisotopic (exact) mass is 395 g/mol. The van der Waals surface area contributed by atoms with Gasteiger partial charge < -0.3 is 10.6 Å². The fourth-order valence-corrected chi connectivity index (χ4v) is 3.66. The van der Waals surface area contributed by atoms with Crippen molar-refractivity contribution in [3.63, 3.8) is 0 Å². The molecular weight excluding hydrogens is 375 g/mol. The smallest absolute Gasteiger partial charge is 0.193 e. The molecule has 29 heavy (non-hydrogen) atoms. The lowest BCUT2D eigenvalue weighted by molar-refractivity contribution is 0.402. The first-order valence-corrected chi connectivity index (χ1v) is 9.30. The van der Waals surface area contributed by atoms with E-state index >= 15 is 0 Å². The van der Waals surface area contributed by atoms with Gasteiger partial charge in [0.15, 0.2) is 5.96 Å². The Morgan fingerprint density at radius 2 is 1.55 bits per heavy atom. The summed E-state index contributed by atoms with van der Waals surface area (Å²) < 4.78 is 41.2. The summed E-state index contributed by atoms with van der Waals surface area (Å²) in [7, 11) is 0. The number of benzene rings is 3. The molecule has 0 aromatic heterocycles. The molecule has 4 rings (SSSR count). The van der Waals surface area contributed by atoms with Crippen LogP contribution in [0.5, 0.6) is 0 Å². The van der Waals surface area contributed by atoms with E-state index in [1.165, 1.54) is 36.4 Å². The molecule has 0 radical (unpaired) electrons. The van der Waals surface area contributed by atoms with E-state index in [9.17, 15) is 13.2 Å². The second kappa shape index (κ2) is 7.62. The number of aliphatic imine (C=N–C) groups is 1. The van der Waals surface area contributed by atoms with Crippen molar-refractivity contribution in [2.45, 2.75) is 25.0 Å². The van der Waals surface area contributed by atoms with Gasteiger partial charge >= 0.3 is 0 Å². The highest BCUT2D eigenvalue weighted by Gasteiger charge is 2.42. The van der Waals surface area contributed by atoms with Crippen LogP contribution in [-0.4, -0.2) is 5.96 Å². The molecule has 3 nitrogen and oxygen atoms in total. The van der Waals surface area contributed by atoms with E-state index in [0.717, 1.165) is 5.56 Å². The van der Waals surface area contributed by atoms with Crippen LogP contribution in [0.2, 0.25) is 0 Å². The number of guanidine groups is 1. The average Bonchev–Trinajstić information content (AvgIpc) is 3.04. The van der Waals surface area contributed by atoms with Gasteiger partial charge in [0.1, 0.15) is 23.0 Å². The van der Waals surface area contributed by atoms with E-state index in [1.807, 2.05) is 13.0 Å². The van der Waals surface area contributed by atoms with Gasteiger partial charge in [-0.2, -0.15) is 0 Å². The zero-order chi connectivity index (χ0) is 20.4. The highest BCUT2D eigenvalue weighted by atomic mass is 19.1. The predicted octanol–water partition coefficient (Wildman–Crippen LogP) is 4.81. The Bertz CT molecular complexity index is 1070. The third-order valence-corrected chi connectivity index (χ3v) is 5.13. The van der Waals surface area contributed by atoms with E-state index in [1.54, 1.807) is 30.3 Å². The summed E-state index contributed by atoms with van der Waals surface area (Å²) in [5.74, 6) is -0.548. The minimum atomic E-state index is -0.861. The van der Waals surface area contributed by atoms with Crippen LogP contribution < -0.4 is 10.6 Å². The molecule has 0 aliphatic carbocycles. The molecule has 3 aromatic carbocycles. The summed E-state index contributed by atoms with van der Waals surface area (Å²) >= 11 is 0. The Kier molecular flexibility index (Phi) is 5.01. The molecular formula is C23H20F3N3. The summed E-state index contributed by atoms with van der Waals surface area (Å²) in [6.07, 6.45) is 0. The molecule has 1 heterocycles. The van der Waals surface area contributed by atoms with Gasteiger partial charge in [-0.3, -0.25) is 0 Å². The van der Waals surface area contributed by atoms with Crippen molar-refractivity contribution in [3.05, 3.63) is 107 Å². The van der Waals surface area contributed by atoms with Crippen LogP contribution >= 0.6 is 0 Å². The van der Waals surface area contributed by atoms with Crippen LogP contribution in [0.4, 0.5) is 13.2 Å². The van der Waals surface area contributed by atoms with Gasteiger partial charge in [-0.1, -0.05) is 36.4 Å². The Morgan fingerprint density at radius 1 is 0.897 bits per heavy atom. The normalized spacial score (nSPS) is 20.8. The molecule has 0 unspecified atom stereocenters. The lowest BCUT2D eigenvalue weighted by Crippen LogP contribution is -2.37. The first-order valence-electron chi connectivity index (χ1n) is 9.30. The van der Waals surface area contributed by atoms with Crippen molar-refractivity contribution in [1.29, 1.82) is 0 Å². The lowest BCUT2D eigenvalue weighted by Gasteiger charge is -2.29. The standard InChI is InChI=1S/C23H20F3N3/c1-23(17-7-4-10-20(26)13-17)21(16-6-3-9-19(25)12-16)28-22(29-23)27-14-15-5-2-8-18(24)11-15/h2-13,21H,14H2,1H3,(H2,27,28,29)/t21-,23+/m1/s1. The van der Waals surface area contributed by atoms with Crippen LogP contribution in [0.15, 0.2) is 77.8 Å². The second-order valence-electron chi connectivity index (χ2n) is 7.23. The molecule has 0 amide bonds. The molecule has 0 spiro atoms. The minimum Gasteiger partial charge on any atom is -0.352 e. The van der Waals surface area contributed by atoms with Gasteiger partial charge in [0.2, 0.25) is 0 Å². The zero-order valence-corrected chi connectivity index (χ0v) is 15.8. The molecule has 1 aliphatic rings. The molecule has 0 fully saturated rings. The average molecular weight is 395 g/mol. The van der Waals surface area contributed by atoms with Crippen molar-refractivity contribution < 1.29 is 13.2 Å². The molecule has 0 bridgehead atoms. The number of nitrogens with zero attached hydrogens (tertiary/aromatic N) is 1. The van der Waals surface area contributed by atoms with Crippen LogP contribution in [0, 0.1) is 17.5 Å². The van der Waals surface area contributed by atoms with Gasteiger partial charge in [-0.25, -0.2) is 18.2 Å². The zero-order valence-electron chi connectivity index (χ0n) is 15.8. The fraction of sp³-hybridized carbons (Fsp3) is 0.174. The molecule has 148 valence electrons. The third-order valence-electron chi connectivity index (χ3n) is 5.13. The van der Waals surface area contributed by atoms with E-state index in [2.05, 4.69) is 10.6 Å². The first kappa shape index (κ1) is 19.1. The van der Waals surface area contributed by atoms with Gasteiger partial charge in [0, 0.05) is 6.54 Å². The van der Waals surface area contributed by atoms with Crippen molar-refractivity contribution in [1.82, 2.24) is 10.6 Å². The minimum absolute atomic E-state index is 0.312. The number of nitrogens with one attached hydrogen (secondary N) is 2. The topological polar surface area (TPSA) is 36.4 Å². The second-order valence-corrected chi connectivity index (χ2v) is 7.23. The third kappa shape index (κ3) is 3.97. The van der Waals surface area contributed by atoms with Crippen LogP contribution in [0.25, 0.3) is 0 Å². The Morgan fingerprint density at radius 3 is 2.24 bits per heavy atom. The molecule has 2 atom stereocenters. The summed E-state index contributed by atoms with van der Waals surface area (Å²) in [6, 6.07) is 18.4. The molecule has 0 saturated heterocycles. The van der Waals surface area contributed by atoms with E-state index in [-0.39, 0.29) is 17.5 Å². The maximum atomic E-state index is 13.9. The van der Waals surface area contributed by atoms with E-state index in [4.69, 9.17) is 4.99 Å². The van der Waals surface area contributed by atoms with Gasteiger partial charge in [-0.15, -0.1) is 0 Å². The Labute approximate surface area is 167 Å². The highest BCUT2D eigenvalue weighted by molar-refractivity contribution is 5.83. The Balaban J connectivity index is 1.67. The lowest BCUT2D eigenvalue weighted by atomic mass is 9.82. The number of hydrogen-bond donors (Lipinski definition) is 2. The largest absolute Gasteiger partial charge is 0.352 e. The fourth-order valence-electron chi connectivity index (χ4n) is 3.66.